The van der Waals surface area contributed by atoms with Crippen LogP contribution in [0.4, 0.5) is 14.5 Å². The van der Waals surface area contributed by atoms with Gasteiger partial charge in [0.25, 0.3) is 0 Å². The fraction of sp³-hybridized carbons (Fsp3) is 0.200. The Balaban J connectivity index is 2.19. The highest BCUT2D eigenvalue weighted by atomic mass is 19.1. The number of aliphatic hydroxyl groups is 1. The van der Waals surface area contributed by atoms with Crippen LogP contribution >= 0.6 is 0 Å². The third-order valence-electron chi connectivity index (χ3n) is 2.95. The van der Waals surface area contributed by atoms with Crippen LogP contribution in [0.5, 0.6) is 5.75 Å². The van der Waals surface area contributed by atoms with Crippen molar-refractivity contribution in [2.75, 3.05) is 19.0 Å². The Kier molecular flexibility index (Phi) is 4.53. The van der Waals surface area contributed by atoms with Crippen molar-refractivity contribution in [2.24, 2.45) is 0 Å². The van der Waals surface area contributed by atoms with Gasteiger partial charge in [0.1, 0.15) is 5.82 Å². The van der Waals surface area contributed by atoms with Gasteiger partial charge >= 0.3 is 0 Å². The minimum Gasteiger partial charge on any atom is -0.494 e. The van der Waals surface area contributed by atoms with Crippen LogP contribution in [-0.4, -0.2) is 18.8 Å². The molecule has 0 aliphatic rings. The molecular weight excluding hydrogens is 264 g/mol. The molecule has 0 fully saturated rings. The molecule has 3 nitrogen and oxygen atoms in total. The first-order valence-corrected chi connectivity index (χ1v) is 6.10. The second-order valence-electron chi connectivity index (χ2n) is 4.28. The van der Waals surface area contributed by atoms with E-state index in [1.165, 1.54) is 31.4 Å². The molecule has 20 heavy (non-hydrogen) atoms. The molecule has 2 aromatic carbocycles. The number of hydrogen-bond acceptors (Lipinski definition) is 3. The van der Waals surface area contributed by atoms with E-state index in [0.717, 1.165) is 0 Å². The maximum Gasteiger partial charge on any atom is 0.165 e. The number of ether oxygens (including phenoxy) is 1. The minimum absolute atomic E-state index is 0.146. The smallest absolute Gasteiger partial charge is 0.165 e. The van der Waals surface area contributed by atoms with Gasteiger partial charge in [0.2, 0.25) is 0 Å². The fourth-order valence-corrected chi connectivity index (χ4v) is 1.88. The van der Waals surface area contributed by atoms with Crippen molar-refractivity contribution in [1.82, 2.24) is 0 Å². The molecule has 0 saturated carbocycles. The Morgan fingerprint density at radius 2 is 1.85 bits per heavy atom. The summed E-state index contributed by atoms with van der Waals surface area (Å²) in [5, 5.41) is 12.4. The van der Waals surface area contributed by atoms with E-state index in [1.807, 2.05) is 0 Å². The Hall–Kier alpha value is -2.14. The molecule has 2 aromatic rings. The van der Waals surface area contributed by atoms with Crippen LogP contribution in [0.2, 0.25) is 0 Å². The summed E-state index contributed by atoms with van der Waals surface area (Å²) in [6.45, 7) is -0.219. The molecule has 0 amide bonds. The van der Waals surface area contributed by atoms with Crippen molar-refractivity contribution >= 4 is 5.69 Å². The van der Waals surface area contributed by atoms with Crippen molar-refractivity contribution in [3.63, 3.8) is 0 Å². The van der Waals surface area contributed by atoms with Crippen LogP contribution in [0.25, 0.3) is 0 Å². The summed E-state index contributed by atoms with van der Waals surface area (Å²) in [4.78, 5) is 0. The molecule has 0 aliphatic heterocycles. The zero-order valence-electron chi connectivity index (χ0n) is 10.9. The van der Waals surface area contributed by atoms with Gasteiger partial charge in [-0.1, -0.05) is 6.07 Å². The molecule has 106 valence electrons. The summed E-state index contributed by atoms with van der Waals surface area (Å²) in [5.74, 6) is -0.692. The van der Waals surface area contributed by atoms with E-state index in [4.69, 9.17) is 4.74 Å². The van der Waals surface area contributed by atoms with Crippen molar-refractivity contribution in [3.05, 3.63) is 59.7 Å². The van der Waals surface area contributed by atoms with Gasteiger partial charge in [0, 0.05) is 5.69 Å². The van der Waals surface area contributed by atoms with Crippen LogP contribution in [0.3, 0.4) is 0 Å². The highest BCUT2D eigenvalue weighted by molar-refractivity contribution is 5.46. The van der Waals surface area contributed by atoms with Gasteiger partial charge in [0.15, 0.2) is 11.6 Å². The van der Waals surface area contributed by atoms with Gasteiger partial charge in [-0.2, -0.15) is 0 Å². The van der Waals surface area contributed by atoms with E-state index in [1.54, 1.807) is 18.2 Å². The lowest BCUT2D eigenvalue weighted by Crippen LogP contribution is -2.15. The molecule has 0 aromatic heterocycles. The minimum atomic E-state index is -0.496. The molecule has 0 heterocycles. The molecule has 0 bridgehead atoms. The first-order chi connectivity index (χ1) is 9.63. The van der Waals surface area contributed by atoms with E-state index >= 15 is 0 Å². The lowest BCUT2D eigenvalue weighted by molar-refractivity contribution is 0.276. The van der Waals surface area contributed by atoms with Crippen LogP contribution in [0.1, 0.15) is 11.6 Å². The number of nitrogens with one attached hydrogen (secondary N) is 1. The monoisotopic (exact) mass is 279 g/mol. The van der Waals surface area contributed by atoms with Gasteiger partial charge < -0.3 is 15.2 Å². The zero-order chi connectivity index (χ0) is 14.5. The second kappa shape index (κ2) is 6.34. The van der Waals surface area contributed by atoms with Crippen LogP contribution < -0.4 is 10.1 Å². The second-order valence-corrected chi connectivity index (χ2v) is 4.28. The highest BCUT2D eigenvalue weighted by Gasteiger charge is 2.13. The van der Waals surface area contributed by atoms with Crippen LogP contribution in [0, 0.1) is 11.6 Å². The first-order valence-electron chi connectivity index (χ1n) is 6.10. The molecule has 1 atom stereocenters. The van der Waals surface area contributed by atoms with Crippen molar-refractivity contribution in [3.8, 4) is 5.75 Å². The molecule has 0 radical (unpaired) electrons. The predicted molar refractivity (Wildman–Crippen MR) is 72.8 cm³/mol. The topological polar surface area (TPSA) is 41.5 Å². The van der Waals surface area contributed by atoms with Crippen LogP contribution in [0.15, 0.2) is 42.5 Å². The fourth-order valence-electron chi connectivity index (χ4n) is 1.88. The largest absolute Gasteiger partial charge is 0.494 e. The molecule has 0 aliphatic carbocycles. The zero-order valence-corrected chi connectivity index (χ0v) is 10.9. The SMILES string of the molecule is COc1ccc(C(CO)Nc2ccc(F)cc2)cc1F. The predicted octanol–water partition coefficient (Wildman–Crippen LogP) is 3.12. The highest BCUT2D eigenvalue weighted by Crippen LogP contribution is 2.24. The lowest BCUT2D eigenvalue weighted by atomic mass is 10.1. The van der Waals surface area contributed by atoms with Crippen molar-refractivity contribution in [1.29, 1.82) is 0 Å². The number of aliphatic hydroxyl groups excluding tert-OH is 1. The van der Waals surface area contributed by atoms with Gasteiger partial charge in [-0.25, -0.2) is 8.78 Å². The van der Waals surface area contributed by atoms with E-state index < -0.39 is 11.9 Å². The average molecular weight is 279 g/mol. The third-order valence-corrected chi connectivity index (χ3v) is 2.95. The Labute approximate surface area is 115 Å². The summed E-state index contributed by atoms with van der Waals surface area (Å²) in [6.07, 6.45) is 0. The van der Waals surface area contributed by atoms with Gasteiger partial charge in [-0.15, -0.1) is 0 Å². The van der Waals surface area contributed by atoms with E-state index in [0.29, 0.717) is 11.3 Å². The average Bonchev–Trinajstić information content (AvgIpc) is 2.46. The number of benzene rings is 2. The van der Waals surface area contributed by atoms with Gasteiger partial charge in [-0.05, 0) is 42.0 Å². The quantitative estimate of drug-likeness (QED) is 0.883. The molecule has 0 spiro atoms. The summed E-state index contributed by atoms with van der Waals surface area (Å²) in [5.41, 5.74) is 1.22. The summed E-state index contributed by atoms with van der Waals surface area (Å²) >= 11 is 0. The number of rotatable bonds is 5. The van der Waals surface area contributed by atoms with E-state index in [9.17, 15) is 13.9 Å². The Bertz CT molecular complexity index is 573. The first kappa shape index (κ1) is 14.3. The number of hydrogen-bond donors (Lipinski definition) is 2. The number of methoxy groups -OCH3 is 1. The van der Waals surface area contributed by atoms with Gasteiger partial charge in [0.05, 0.1) is 19.8 Å². The lowest BCUT2D eigenvalue weighted by Gasteiger charge is -2.18. The normalized spacial score (nSPS) is 12.0. The molecule has 1 unspecified atom stereocenters. The van der Waals surface area contributed by atoms with Gasteiger partial charge in [-0.3, -0.25) is 0 Å². The Morgan fingerprint density at radius 1 is 1.15 bits per heavy atom. The molecular formula is C15H15F2NO2. The maximum absolute atomic E-state index is 13.7. The molecule has 2 N–H and O–H groups in total. The van der Waals surface area contributed by atoms with E-state index in [2.05, 4.69) is 5.32 Å². The number of halogens is 2. The van der Waals surface area contributed by atoms with Crippen molar-refractivity contribution in [2.45, 2.75) is 6.04 Å². The van der Waals surface area contributed by atoms with E-state index in [-0.39, 0.29) is 18.2 Å². The molecule has 0 saturated heterocycles. The summed E-state index contributed by atoms with van der Waals surface area (Å²) in [7, 11) is 1.39. The summed E-state index contributed by atoms with van der Waals surface area (Å²) in [6, 6.07) is 9.71. The number of anilines is 1. The molecule has 5 heteroatoms. The standard InChI is InChI=1S/C15H15F2NO2/c1-20-15-7-2-10(8-13(15)17)14(9-19)18-12-5-3-11(16)4-6-12/h2-8,14,18-19H,9H2,1H3. The Morgan fingerprint density at radius 3 is 2.40 bits per heavy atom. The van der Waals surface area contributed by atoms with Crippen molar-refractivity contribution < 1.29 is 18.6 Å². The third kappa shape index (κ3) is 3.24. The maximum atomic E-state index is 13.7. The summed E-state index contributed by atoms with van der Waals surface area (Å²) < 4.78 is 31.3. The van der Waals surface area contributed by atoms with Crippen LogP contribution in [-0.2, 0) is 0 Å². The molecule has 2 rings (SSSR count).